The molecule has 180 valence electrons. The molecule has 1 aromatic carbocycles. The number of methoxy groups -OCH3 is 1. The van der Waals surface area contributed by atoms with Crippen LogP contribution in [0.2, 0.25) is 0 Å². The fraction of sp³-hybridized carbons (Fsp3) is 0.522. The van der Waals surface area contributed by atoms with E-state index in [2.05, 4.69) is 25.8 Å². The van der Waals surface area contributed by atoms with Crippen LogP contribution < -0.4 is 15.4 Å². The summed E-state index contributed by atoms with van der Waals surface area (Å²) in [6.45, 7) is 10.2. The van der Waals surface area contributed by atoms with Gasteiger partial charge in [0.2, 0.25) is 0 Å². The van der Waals surface area contributed by atoms with Gasteiger partial charge >= 0.3 is 6.09 Å². The van der Waals surface area contributed by atoms with Crippen LogP contribution in [0.25, 0.3) is 21.9 Å². The molecule has 0 saturated heterocycles. The summed E-state index contributed by atoms with van der Waals surface area (Å²) in [5.41, 5.74) is 2.89. The first-order valence-corrected chi connectivity index (χ1v) is 11.0. The van der Waals surface area contributed by atoms with Crippen molar-refractivity contribution in [1.29, 1.82) is 0 Å². The standard InChI is InChI=1S/C23H33N5O5/c1-15-19-20(17-14-16(30-5)6-7-18(17)26-21(19)28-27-15)24-8-10-31-12-13-32-11-9-25-22(29)33-23(2,3)4/h6-7,14H,8-13H2,1-5H3,(H,25,29)(H2,24,26,27,28). The number of benzene rings is 1. The zero-order chi connectivity index (χ0) is 23.8. The molecule has 0 aliphatic heterocycles. The summed E-state index contributed by atoms with van der Waals surface area (Å²) < 4.78 is 21.7. The first-order chi connectivity index (χ1) is 15.8. The Morgan fingerprint density at radius 3 is 2.52 bits per heavy atom. The number of pyridine rings is 1. The minimum absolute atomic E-state index is 0.384. The second kappa shape index (κ2) is 11.2. The van der Waals surface area contributed by atoms with E-state index in [0.29, 0.717) is 45.2 Å². The highest BCUT2D eigenvalue weighted by Gasteiger charge is 2.16. The van der Waals surface area contributed by atoms with Crippen molar-refractivity contribution in [1.82, 2.24) is 20.5 Å². The molecule has 0 atom stereocenters. The summed E-state index contributed by atoms with van der Waals surface area (Å²) in [5.74, 6) is 0.766. The second-order valence-electron chi connectivity index (χ2n) is 8.50. The SMILES string of the molecule is COc1ccc2nc3n[nH]c(C)c3c(NCCOCCOCCNC(=O)OC(C)(C)C)c2c1. The number of hydrogen-bond donors (Lipinski definition) is 3. The van der Waals surface area contributed by atoms with Gasteiger partial charge in [0.15, 0.2) is 5.65 Å². The van der Waals surface area contributed by atoms with E-state index in [1.54, 1.807) is 7.11 Å². The van der Waals surface area contributed by atoms with Gasteiger partial charge in [-0.15, -0.1) is 0 Å². The zero-order valence-corrected chi connectivity index (χ0v) is 19.9. The Bertz CT molecular complexity index is 1080. The number of rotatable bonds is 11. The van der Waals surface area contributed by atoms with Gasteiger partial charge in [-0.2, -0.15) is 5.10 Å². The normalized spacial score (nSPS) is 11.7. The van der Waals surface area contributed by atoms with Crippen molar-refractivity contribution >= 4 is 33.7 Å². The molecule has 1 amide bonds. The Kier molecular flexibility index (Phi) is 8.29. The molecule has 2 aromatic heterocycles. The average molecular weight is 460 g/mol. The number of aryl methyl sites for hydroxylation is 1. The molecule has 0 fully saturated rings. The first kappa shape index (κ1) is 24.5. The van der Waals surface area contributed by atoms with E-state index in [0.717, 1.165) is 33.4 Å². The number of aromatic amines is 1. The summed E-state index contributed by atoms with van der Waals surface area (Å²) in [5, 5.41) is 15.3. The third kappa shape index (κ3) is 6.93. The predicted octanol–water partition coefficient (Wildman–Crippen LogP) is 3.40. The number of ether oxygens (including phenoxy) is 4. The maximum absolute atomic E-state index is 11.5. The maximum atomic E-state index is 11.5. The summed E-state index contributed by atoms with van der Waals surface area (Å²) in [6.07, 6.45) is -0.448. The van der Waals surface area contributed by atoms with Gasteiger partial charge in [0.1, 0.15) is 11.4 Å². The highest BCUT2D eigenvalue weighted by Crippen LogP contribution is 2.33. The zero-order valence-electron chi connectivity index (χ0n) is 19.9. The van der Waals surface area contributed by atoms with Gasteiger partial charge in [0.05, 0.1) is 50.1 Å². The maximum Gasteiger partial charge on any atom is 0.407 e. The van der Waals surface area contributed by atoms with Crippen molar-refractivity contribution in [2.45, 2.75) is 33.3 Å². The number of alkyl carbamates (subject to hydrolysis) is 1. The van der Waals surface area contributed by atoms with E-state index in [1.807, 2.05) is 45.9 Å². The van der Waals surface area contributed by atoms with Crippen LogP contribution in [0, 0.1) is 6.92 Å². The highest BCUT2D eigenvalue weighted by molar-refractivity contribution is 6.07. The molecular formula is C23H33N5O5. The van der Waals surface area contributed by atoms with Gasteiger partial charge in [-0.1, -0.05) is 0 Å². The van der Waals surface area contributed by atoms with E-state index >= 15 is 0 Å². The summed E-state index contributed by atoms with van der Waals surface area (Å²) >= 11 is 0. The molecule has 0 spiro atoms. The lowest BCUT2D eigenvalue weighted by Gasteiger charge is -2.19. The molecule has 0 saturated carbocycles. The van der Waals surface area contributed by atoms with Crippen molar-refractivity contribution in [2.24, 2.45) is 0 Å². The lowest BCUT2D eigenvalue weighted by Crippen LogP contribution is -2.34. The first-order valence-electron chi connectivity index (χ1n) is 11.0. The van der Waals surface area contributed by atoms with Gasteiger partial charge in [-0.25, -0.2) is 9.78 Å². The van der Waals surface area contributed by atoms with E-state index in [9.17, 15) is 4.79 Å². The highest BCUT2D eigenvalue weighted by atomic mass is 16.6. The predicted molar refractivity (Wildman–Crippen MR) is 127 cm³/mol. The van der Waals surface area contributed by atoms with E-state index < -0.39 is 11.7 Å². The minimum atomic E-state index is -0.510. The third-order valence-electron chi connectivity index (χ3n) is 4.71. The Hall–Kier alpha value is -3.11. The molecule has 0 aliphatic carbocycles. The van der Waals surface area contributed by atoms with Gasteiger partial charge in [-0.3, -0.25) is 5.10 Å². The van der Waals surface area contributed by atoms with E-state index in [1.165, 1.54) is 0 Å². The number of nitrogens with one attached hydrogen (secondary N) is 3. The molecule has 0 unspecified atom stereocenters. The fourth-order valence-corrected chi connectivity index (χ4v) is 3.28. The number of hydrogen-bond acceptors (Lipinski definition) is 8. The van der Waals surface area contributed by atoms with Crippen LogP contribution in [0.1, 0.15) is 26.5 Å². The van der Waals surface area contributed by atoms with Crippen LogP contribution in [-0.2, 0) is 14.2 Å². The van der Waals surface area contributed by atoms with Crippen LogP contribution in [0.5, 0.6) is 5.75 Å². The molecule has 3 aromatic rings. The van der Waals surface area contributed by atoms with Gasteiger partial charge in [-0.05, 0) is 45.9 Å². The van der Waals surface area contributed by atoms with Gasteiger partial charge in [0, 0.05) is 24.2 Å². The largest absolute Gasteiger partial charge is 0.497 e. The average Bonchev–Trinajstić information content (AvgIpc) is 3.13. The monoisotopic (exact) mass is 459 g/mol. The molecule has 10 nitrogen and oxygen atoms in total. The summed E-state index contributed by atoms with van der Waals surface area (Å²) in [4.78, 5) is 16.2. The van der Waals surface area contributed by atoms with Crippen molar-refractivity contribution in [3.05, 3.63) is 23.9 Å². The number of aromatic nitrogens is 3. The van der Waals surface area contributed by atoms with Crippen LogP contribution in [-0.4, -0.2) is 73.5 Å². The number of carbonyl (C=O) groups is 1. The Morgan fingerprint density at radius 1 is 1.09 bits per heavy atom. The van der Waals surface area contributed by atoms with Crippen LogP contribution >= 0.6 is 0 Å². The Balaban J connectivity index is 1.42. The minimum Gasteiger partial charge on any atom is -0.497 e. The topological polar surface area (TPSA) is 120 Å². The van der Waals surface area contributed by atoms with Crippen molar-refractivity contribution in [2.75, 3.05) is 51.9 Å². The molecule has 10 heteroatoms. The van der Waals surface area contributed by atoms with Crippen LogP contribution in [0.4, 0.5) is 10.5 Å². The van der Waals surface area contributed by atoms with E-state index in [4.69, 9.17) is 18.9 Å². The Labute approximate surface area is 193 Å². The number of nitrogens with zero attached hydrogens (tertiary/aromatic N) is 2. The number of carbonyl (C=O) groups excluding carboxylic acids is 1. The van der Waals surface area contributed by atoms with Gasteiger partial charge < -0.3 is 29.6 Å². The molecule has 3 rings (SSSR count). The summed E-state index contributed by atoms with van der Waals surface area (Å²) in [6, 6.07) is 5.78. The smallest absolute Gasteiger partial charge is 0.407 e. The number of amides is 1. The van der Waals surface area contributed by atoms with Crippen LogP contribution in [0.15, 0.2) is 18.2 Å². The molecule has 0 aliphatic rings. The molecule has 0 bridgehead atoms. The molecule has 33 heavy (non-hydrogen) atoms. The van der Waals surface area contributed by atoms with Crippen molar-refractivity contribution in [3.63, 3.8) is 0 Å². The van der Waals surface area contributed by atoms with Crippen LogP contribution in [0.3, 0.4) is 0 Å². The molecular weight excluding hydrogens is 426 g/mol. The summed E-state index contributed by atoms with van der Waals surface area (Å²) in [7, 11) is 1.65. The number of H-pyrrole nitrogens is 1. The van der Waals surface area contributed by atoms with Crippen molar-refractivity contribution in [3.8, 4) is 5.75 Å². The second-order valence-corrected chi connectivity index (χ2v) is 8.50. The third-order valence-corrected chi connectivity index (χ3v) is 4.71. The number of fused-ring (bicyclic) bond motifs is 2. The molecule has 3 N–H and O–H groups in total. The quantitative estimate of drug-likeness (QED) is 0.373. The van der Waals surface area contributed by atoms with E-state index in [-0.39, 0.29) is 0 Å². The lowest BCUT2D eigenvalue weighted by molar-refractivity contribution is 0.0415. The number of anilines is 1. The fourth-order valence-electron chi connectivity index (χ4n) is 3.28. The van der Waals surface area contributed by atoms with Crippen molar-refractivity contribution < 1.29 is 23.7 Å². The molecule has 2 heterocycles. The molecule has 0 radical (unpaired) electrons. The van der Waals surface area contributed by atoms with Gasteiger partial charge in [0.25, 0.3) is 0 Å². The Morgan fingerprint density at radius 2 is 1.82 bits per heavy atom. The lowest BCUT2D eigenvalue weighted by atomic mass is 10.1.